The van der Waals surface area contributed by atoms with E-state index in [0.29, 0.717) is 38.5 Å². The van der Waals surface area contributed by atoms with E-state index in [-0.39, 0.29) is 11.6 Å². The zero-order valence-electron chi connectivity index (χ0n) is 15.7. The van der Waals surface area contributed by atoms with Gasteiger partial charge in [-0.15, -0.1) is 0 Å². The third kappa shape index (κ3) is 23.0. The number of Topliss-reactive ketones (excluding diaryl/α,β-unsaturated/α-hetero) is 2. The number of carbonyl (C=O) groups excluding carboxylic acids is 4. The van der Waals surface area contributed by atoms with E-state index in [4.69, 9.17) is 0 Å². The van der Waals surface area contributed by atoms with Crippen molar-refractivity contribution in [2.24, 2.45) is 0 Å². The summed E-state index contributed by atoms with van der Waals surface area (Å²) in [5.41, 5.74) is 0. The molecule has 0 saturated heterocycles. The lowest BCUT2D eigenvalue weighted by Gasteiger charge is -1.97. The lowest BCUT2D eigenvalue weighted by Crippen LogP contribution is -1.97. The van der Waals surface area contributed by atoms with Crippen LogP contribution < -0.4 is 0 Å². The van der Waals surface area contributed by atoms with Gasteiger partial charge in [-0.25, -0.2) is 0 Å². The average Bonchev–Trinajstić information content (AvgIpc) is 2.59. The summed E-state index contributed by atoms with van der Waals surface area (Å²) in [6.45, 7) is 4.29. The normalized spacial score (nSPS) is 9.75. The molecule has 0 aromatic carbocycles. The molecule has 0 bridgehead atoms. The second-order valence-corrected chi connectivity index (χ2v) is 6.11. The molecule has 4 nitrogen and oxygen atoms in total. The second-order valence-electron chi connectivity index (χ2n) is 6.11. The minimum absolute atomic E-state index is 0.234. The van der Waals surface area contributed by atoms with E-state index >= 15 is 0 Å². The monoisotopic (exact) mass is 340 g/mol. The fraction of sp³-hybridized carbons (Fsp3) is 0.800. The summed E-state index contributed by atoms with van der Waals surface area (Å²) in [6.07, 6.45) is 13.7. The lowest BCUT2D eigenvalue weighted by molar-refractivity contribution is -0.121. The third-order valence-corrected chi connectivity index (χ3v) is 3.70. The van der Waals surface area contributed by atoms with Crippen LogP contribution in [0, 0.1) is 0 Å². The quantitative estimate of drug-likeness (QED) is 0.292. The number of rotatable bonds is 16. The van der Waals surface area contributed by atoms with Gasteiger partial charge in [0.15, 0.2) is 0 Å². The Morgan fingerprint density at radius 3 is 1.25 bits per heavy atom. The molecule has 24 heavy (non-hydrogen) atoms. The van der Waals surface area contributed by atoms with Gasteiger partial charge in [-0.3, -0.25) is 9.59 Å². The highest BCUT2D eigenvalue weighted by Gasteiger charge is 2.00. The van der Waals surface area contributed by atoms with Crippen molar-refractivity contribution in [1.29, 1.82) is 0 Å². The van der Waals surface area contributed by atoms with Crippen molar-refractivity contribution >= 4 is 24.1 Å². The number of ketones is 2. The average molecular weight is 341 g/mol. The first-order chi connectivity index (χ1) is 11.6. The molecule has 0 aromatic rings. The molecule has 0 aliphatic rings. The molecule has 0 N–H and O–H groups in total. The fourth-order valence-electron chi connectivity index (χ4n) is 2.19. The van der Waals surface area contributed by atoms with Crippen LogP contribution in [0.3, 0.4) is 0 Å². The highest BCUT2D eigenvalue weighted by Crippen LogP contribution is 2.05. The summed E-state index contributed by atoms with van der Waals surface area (Å²) in [7, 11) is 0. The summed E-state index contributed by atoms with van der Waals surface area (Å²) in [6, 6.07) is 0. The number of unbranched alkanes of at least 4 members (excludes halogenated alkanes) is 6. The van der Waals surface area contributed by atoms with Crippen LogP contribution in [0.25, 0.3) is 0 Å². The van der Waals surface area contributed by atoms with Crippen molar-refractivity contribution in [3.8, 4) is 0 Å². The van der Waals surface area contributed by atoms with Crippen LogP contribution in [0.4, 0.5) is 0 Å². The summed E-state index contributed by atoms with van der Waals surface area (Å²) in [5, 5.41) is 0. The van der Waals surface area contributed by atoms with Gasteiger partial charge in [-0.1, -0.05) is 52.4 Å². The van der Waals surface area contributed by atoms with Gasteiger partial charge in [0.05, 0.1) is 0 Å². The molecular weight excluding hydrogens is 304 g/mol. The SMILES string of the molecule is CCCCCCC(=O)CCC=O.CCCCCCC(=O)CCC=O. The van der Waals surface area contributed by atoms with Crippen LogP contribution in [0.15, 0.2) is 0 Å². The predicted molar refractivity (Wildman–Crippen MR) is 98.1 cm³/mol. The zero-order chi connectivity index (χ0) is 18.5. The van der Waals surface area contributed by atoms with Crippen molar-refractivity contribution in [2.75, 3.05) is 0 Å². The van der Waals surface area contributed by atoms with Crippen LogP contribution >= 0.6 is 0 Å². The fourth-order valence-corrected chi connectivity index (χ4v) is 2.19. The Morgan fingerprint density at radius 1 is 0.583 bits per heavy atom. The Labute approximate surface area is 147 Å². The molecule has 0 saturated carbocycles. The minimum atomic E-state index is 0.234. The summed E-state index contributed by atoms with van der Waals surface area (Å²) in [4.78, 5) is 41.9. The van der Waals surface area contributed by atoms with E-state index in [9.17, 15) is 19.2 Å². The molecular formula is C20H36O4. The summed E-state index contributed by atoms with van der Waals surface area (Å²) < 4.78 is 0. The summed E-state index contributed by atoms with van der Waals surface area (Å²) >= 11 is 0. The first-order valence-electron chi connectivity index (χ1n) is 9.52. The predicted octanol–water partition coefficient (Wildman–Crippen LogP) is 5.01. The maximum atomic E-state index is 11.0. The maximum Gasteiger partial charge on any atom is 0.133 e. The van der Waals surface area contributed by atoms with Crippen LogP contribution in [-0.2, 0) is 19.2 Å². The molecule has 0 radical (unpaired) electrons. The molecule has 0 amide bonds. The minimum Gasteiger partial charge on any atom is -0.303 e. The van der Waals surface area contributed by atoms with E-state index in [2.05, 4.69) is 13.8 Å². The smallest absolute Gasteiger partial charge is 0.133 e. The van der Waals surface area contributed by atoms with Crippen LogP contribution in [0.5, 0.6) is 0 Å². The van der Waals surface area contributed by atoms with Gasteiger partial charge < -0.3 is 9.59 Å². The molecule has 0 unspecified atom stereocenters. The number of hydrogen-bond acceptors (Lipinski definition) is 4. The van der Waals surface area contributed by atoms with Gasteiger partial charge >= 0.3 is 0 Å². The Kier molecular flexibility index (Phi) is 22.5. The first-order valence-corrected chi connectivity index (χ1v) is 9.52. The summed E-state index contributed by atoms with van der Waals surface area (Å²) in [5.74, 6) is 0.469. The Bertz CT molecular complexity index is 292. The van der Waals surface area contributed by atoms with Crippen LogP contribution in [-0.4, -0.2) is 24.1 Å². The van der Waals surface area contributed by atoms with Gasteiger partial charge in [0, 0.05) is 38.5 Å². The molecule has 0 fully saturated rings. The molecule has 0 rings (SSSR count). The lowest BCUT2D eigenvalue weighted by atomic mass is 10.1. The topological polar surface area (TPSA) is 68.3 Å². The molecule has 0 aliphatic carbocycles. The van der Waals surface area contributed by atoms with Crippen molar-refractivity contribution in [2.45, 2.75) is 104 Å². The second kappa shape index (κ2) is 21.7. The highest BCUT2D eigenvalue weighted by atomic mass is 16.1. The molecule has 0 spiro atoms. The Balaban J connectivity index is 0. The molecule has 0 aromatic heterocycles. The molecule has 0 heterocycles. The van der Waals surface area contributed by atoms with Crippen molar-refractivity contribution < 1.29 is 19.2 Å². The van der Waals surface area contributed by atoms with Crippen LogP contribution in [0.2, 0.25) is 0 Å². The van der Waals surface area contributed by atoms with E-state index < -0.39 is 0 Å². The van der Waals surface area contributed by atoms with E-state index in [0.717, 1.165) is 38.3 Å². The standard InChI is InChI=1S/2C10H18O2/c2*1-2-3-4-5-7-10(12)8-6-9-11/h2*9H,2-8H2,1H3. The largest absolute Gasteiger partial charge is 0.303 e. The van der Waals surface area contributed by atoms with E-state index in [1.165, 1.54) is 25.7 Å². The highest BCUT2D eigenvalue weighted by molar-refractivity contribution is 5.80. The van der Waals surface area contributed by atoms with Crippen molar-refractivity contribution in [3.63, 3.8) is 0 Å². The number of aldehydes is 2. The zero-order valence-corrected chi connectivity index (χ0v) is 15.7. The number of carbonyl (C=O) groups is 4. The maximum absolute atomic E-state index is 11.0. The van der Waals surface area contributed by atoms with Gasteiger partial charge in [0.25, 0.3) is 0 Å². The van der Waals surface area contributed by atoms with Crippen molar-refractivity contribution in [3.05, 3.63) is 0 Å². The third-order valence-electron chi connectivity index (χ3n) is 3.70. The molecule has 140 valence electrons. The van der Waals surface area contributed by atoms with Gasteiger partial charge in [0.1, 0.15) is 24.1 Å². The Morgan fingerprint density at radius 2 is 0.958 bits per heavy atom. The Hall–Kier alpha value is -1.32. The van der Waals surface area contributed by atoms with E-state index in [1.807, 2.05) is 0 Å². The van der Waals surface area contributed by atoms with Gasteiger partial charge in [-0.2, -0.15) is 0 Å². The van der Waals surface area contributed by atoms with Crippen LogP contribution in [0.1, 0.15) is 104 Å². The molecule has 4 heteroatoms. The molecule has 0 aliphatic heterocycles. The number of hydrogen-bond donors (Lipinski definition) is 0. The first kappa shape index (κ1) is 24.9. The van der Waals surface area contributed by atoms with Crippen molar-refractivity contribution in [1.82, 2.24) is 0 Å². The van der Waals surface area contributed by atoms with Gasteiger partial charge in [-0.05, 0) is 12.8 Å². The van der Waals surface area contributed by atoms with E-state index in [1.54, 1.807) is 0 Å². The van der Waals surface area contributed by atoms with Gasteiger partial charge in [0.2, 0.25) is 0 Å². The molecule has 0 atom stereocenters.